The number of amides is 2. The number of aliphatic carboxylic acids is 1. The summed E-state index contributed by atoms with van der Waals surface area (Å²) in [6, 6.07) is 5.42. The van der Waals surface area contributed by atoms with Crippen LogP contribution in [0.3, 0.4) is 0 Å². The lowest BCUT2D eigenvalue weighted by molar-refractivity contribution is -0.148. The van der Waals surface area contributed by atoms with Gasteiger partial charge < -0.3 is 15.3 Å². The largest absolute Gasteiger partial charge is 0.481 e. The molecule has 1 aliphatic rings. The molecule has 21 heavy (non-hydrogen) atoms. The van der Waals surface area contributed by atoms with Crippen LogP contribution in [0.1, 0.15) is 25.3 Å². The third kappa shape index (κ3) is 3.20. The molecule has 114 valence electrons. The number of nitrogens with one attached hydrogen (secondary N) is 1. The van der Waals surface area contributed by atoms with Gasteiger partial charge in [-0.3, -0.25) is 4.79 Å². The van der Waals surface area contributed by atoms with Gasteiger partial charge in [-0.25, -0.2) is 4.79 Å². The van der Waals surface area contributed by atoms with Crippen molar-refractivity contribution in [1.29, 1.82) is 0 Å². The minimum absolute atomic E-state index is 0.243. The predicted octanol–water partition coefficient (Wildman–Crippen LogP) is 3.48. The summed E-state index contributed by atoms with van der Waals surface area (Å²) in [7, 11) is 0. The molecule has 0 saturated carbocycles. The molecule has 1 unspecified atom stereocenters. The summed E-state index contributed by atoms with van der Waals surface area (Å²) < 4.78 is 0.887. The zero-order chi connectivity index (χ0) is 15.6. The van der Waals surface area contributed by atoms with Gasteiger partial charge in [0, 0.05) is 23.2 Å². The van der Waals surface area contributed by atoms with Gasteiger partial charge in [-0.2, -0.15) is 0 Å². The Bertz CT molecular complexity index is 576. The van der Waals surface area contributed by atoms with E-state index in [2.05, 4.69) is 21.2 Å². The number of nitrogens with zero attached hydrogens (tertiary/aromatic N) is 1. The Kier molecular flexibility index (Phi) is 4.56. The first-order valence-electron chi connectivity index (χ1n) is 6.93. The predicted molar refractivity (Wildman–Crippen MR) is 84.4 cm³/mol. The lowest BCUT2D eigenvalue weighted by atomic mass is 9.84. The number of carbonyl (C=O) groups excluding carboxylic acids is 1. The quantitative estimate of drug-likeness (QED) is 0.872. The highest BCUT2D eigenvalue weighted by atomic mass is 79.9. The van der Waals surface area contributed by atoms with E-state index in [1.807, 2.05) is 32.0 Å². The molecule has 0 bridgehead atoms. The molecule has 2 rings (SSSR count). The van der Waals surface area contributed by atoms with E-state index in [1.165, 1.54) is 0 Å². The van der Waals surface area contributed by atoms with Gasteiger partial charge in [0.1, 0.15) is 0 Å². The molecule has 1 aliphatic heterocycles. The number of carbonyl (C=O) groups is 2. The second-order valence-electron chi connectivity index (χ2n) is 5.50. The summed E-state index contributed by atoms with van der Waals surface area (Å²) in [5.74, 6) is -0.820. The maximum Gasteiger partial charge on any atom is 0.321 e. The van der Waals surface area contributed by atoms with E-state index < -0.39 is 11.4 Å². The van der Waals surface area contributed by atoms with Crippen LogP contribution in [0.5, 0.6) is 0 Å². The van der Waals surface area contributed by atoms with Crippen LogP contribution in [0.15, 0.2) is 22.7 Å². The van der Waals surface area contributed by atoms with E-state index in [9.17, 15) is 14.7 Å². The highest BCUT2D eigenvalue weighted by molar-refractivity contribution is 9.10. The minimum Gasteiger partial charge on any atom is -0.481 e. The van der Waals surface area contributed by atoms with Gasteiger partial charge in [-0.15, -0.1) is 0 Å². The van der Waals surface area contributed by atoms with Crippen molar-refractivity contribution in [1.82, 2.24) is 4.90 Å². The van der Waals surface area contributed by atoms with Crippen molar-refractivity contribution in [3.63, 3.8) is 0 Å². The molecular formula is C15H19BrN2O3. The van der Waals surface area contributed by atoms with Crippen LogP contribution in [0, 0.1) is 12.3 Å². The average Bonchev–Trinajstić information content (AvgIpc) is 2.89. The third-order valence-corrected chi connectivity index (χ3v) is 4.71. The average molecular weight is 355 g/mol. The highest BCUT2D eigenvalue weighted by Gasteiger charge is 2.44. The molecule has 6 heteroatoms. The number of anilines is 1. The van der Waals surface area contributed by atoms with Crippen LogP contribution in [-0.4, -0.2) is 35.1 Å². The molecule has 0 aliphatic carbocycles. The summed E-state index contributed by atoms with van der Waals surface area (Å²) in [4.78, 5) is 25.3. The smallest absolute Gasteiger partial charge is 0.321 e. The summed E-state index contributed by atoms with van der Waals surface area (Å²) in [5, 5.41) is 12.2. The molecule has 1 aromatic carbocycles. The Hall–Kier alpha value is -1.56. The van der Waals surface area contributed by atoms with Crippen molar-refractivity contribution in [3.8, 4) is 0 Å². The van der Waals surface area contributed by atoms with Crippen molar-refractivity contribution in [2.75, 3.05) is 18.4 Å². The van der Waals surface area contributed by atoms with Crippen LogP contribution in [0.4, 0.5) is 10.5 Å². The van der Waals surface area contributed by atoms with E-state index in [0.29, 0.717) is 19.4 Å². The Balaban J connectivity index is 2.09. The molecule has 2 amide bonds. The van der Waals surface area contributed by atoms with E-state index in [0.717, 1.165) is 15.7 Å². The van der Waals surface area contributed by atoms with Crippen molar-refractivity contribution >= 4 is 33.6 Å². The van der Waals surface area contributed by atoms with E-state index in [4.69, 9.17) is 0 Å². The maximum absolute atomic E-state index is 12.3. The topological polar surface area (TPSA) is 69.6 Å². The number of urea groups is 1. The summed E-state index contributed by atoms with van der Waals surface area (Å²) in [6.45, 7) is 4.50. The fourth-order valence-corrected chi connectivity index (χ4v) is 2.94. The van der Waals surface area contributed by atoms with Crippen LogP contribution in [0.2, 0.25) is 0 Å². The Morgan fingerprint density at radius 1 is 1.48 bits per heavy atom. The molecule has 5 nitrogen and oxygen atoms in total. The summed E-state index contributed by atoms with van der Waals surface area (Å²) >= 11 is 3.38. The SMILES string of the molecule is CCC1(C(=O)O)CCN(C(=O)Nc2cc(Br)ccc2C)C1. The Morgan fingerprint density at radius 3 is 2.76 bits per heavy atom. The first-order valence-corrected chi connectivity index (χ1v) is 7.73. The number of likely N-dealkylation sites (tertiary alicyclic amines) is 1. The van der Waals surface area contributed by atoms with Crippen LogP contribution >= 0.6 is 15.9 Å². The normalized spacial score (nSPS) is 21.4. The molecule has 2 N–H and O–H groups in total. The molecule has 1 aromatic rings. The molecule has 0 aromatic heterocycles. The highest BCUT2D eigenvalue weighted by Crippen LogP contribution is 2.34. The second kappa shape index (κ2) is 6.05. The Morgan fingerprint density at radius 2 is 2.19 bits per heavy atom. The fraction of sp³-hybridized carbons (Fsp3) is 0.467. The second-order valence-corrected chi connectivity index (χ2v) is 6.42. The molecule has 1 heterocycles. The van der Waals surface area contributed by atoms with E-state index in [-0.39, 0.29) is 12.6 Å². The van der Waals surface area contributed by atoms with Gasteiger partial charge in [0.15, 0.2) is 0 Å². The number of carboxylic acids is 1. The van der Waals surface area contributed by atoms with E-state index >= 15 is 0 Å². The van der Waals surface area contributed by atoms with Crippen LogP contribution < -0.4 is 5.32 Å². The summed E-state index contributed by atoms with van der Waals surface area (Å²) in [6.07, 6.45) is 1.03. The molecular weight excluding hydrogens is 336 g/mol. The number of benzene rings is 1. The molecule has 1 saturated heterocycles. The zero-order valence-corrected chi connectivity index (χ0v) is 13.7. The number of rotatable bonds is 3. The molecule has 0 spiro atoms. The van der Waals surface area contributed by atoms with Gasteiger partial charge in [-0.1, -0.05) is 28.9 Å². The van der Waals surface area contributed by atoms with Crippen molar-refractivity contribution in [2.45, 2.75) is 26.7 Å². The zero-order valence-electron chi connectivity index (χ0n) is 12.1. The molecule has 1 atom stereocenters. The molecule has 1 fully saturated rings. The van der Waals surface area contributed by atoms with Gasteiger partial charge in [0.25, 0.3) is 0 Å². The monoisotopic (exact) mass is 354 g/mol. The maximum atomic E-state index is 12.3. The third-order valence-electron chi connectivity index (χ3n) is 4.21. The lowest BCUT2D eigenvalue weighted by Gasteiger charge is -2.23. The minimum atomic E-state index is -0.820. The summed E-state index contributed by atoms with van der Waals surface area (Å²) in [5.41, 5.74) is 0.897. The van der Waals surface area contributed by atoms with Crippen molar-refractivity contribution in [3.05, 3.63) is 28.2 Å². The van der Waals surface area contributed by atoms with Crippen molar-refractivity contribution < 1.29 is 14.7 Å². The Labute approximate surface area is 132 Å². The number of halogens is 1. The first-order chi connectivity index (χ1) is 9.88. The number of hydrogen-bond donors (Lipinski definition) is 2. The van der Waals surface area contributed by atoms with Crippen LogP contribution in [-0.2, 0) is 4.79 Å². The number of carboxylic acid groups (broad SMARTS) is 1. The van der Waals surface area contributed by atoms with Gasteiger partial charge in [-0.05, 0) is 37.5 Å². The van der Waals surface area contributed by atoms with Gasteiger partial charge in [0.2, 0.25) is 0 Å². The lowest BCUT2D eigenvalue weighted by Crippen LogP contribution is -2.38. The fourth-order valence-electron chi connectivity index (χ4n) is 2.58. The van der Waals surface area contributed by atoms with Crippen molar-refractivity contribution in [2.24, 2.45) is 5.41 Å². The first kappa shape index (κ1) is 15.8. The van der Waals surface area contributed by atoms with Crippen LogP contribution in [0.25, 0.3) is 0 Å². The van der Waals surface area contributed by atoms with E-state index in [1.54, 1.807) is 4.90 Å². The van der Waals surface area contributed by atoms with Gasteiger partial charge >= 0.3 is 12.0 Å². The van der Waals surface area contributed by atoms with Gasteiger partial charge in [0.05, 0.1) is 5.41 Å². The molecule has 0 radical (unpaired) electrons. The standard InChI is InChI=1S/C15H19BrN2O3/c1-3-15(13(19)20)6-7-18(9-15)14(21)17-12-8-11(16)5-4-10(12)2/h4-5,8H,3,6-7,9H2,1-2H3,(H,17,21)(H,19,20). The number of aryl methyl sites for hydroxylation is 1. The number of hydrogen-bond acceptors (Lipinski definition) is 2.